The van der Waals surface area contributed by atoms with Gasteiger partial charge in [0.05, 0.1) is 11.4 Å². The fourth-order valence-electron chi connectivity index (χ4n) is 3.19. The maximum Gasteiger partial charge on any atom is 0.204 e. The third-order valence-electron chi connectivity index (χ3n) is 4.66. The Balaban J connectivity index is 2.08. The third kappa shape index (κ3) is 3.47. The Morgan fingerprint density at radius 3 is 1.54 bits per heavy atom. The zero-order valence-corrected chi connectivity index (χ0v) is 15.8. The number of nitrogens with zero attached hydrogens (tertiary/aromatic N) is 1. The fourth-order valence-corrected chi connectivity index (χ4v) is 3.19. The second kappa shape index (κ2) is 7.44. The van der Waals surface area contributed by atoms with E-state index in [1.807, 2.05) is 35.2 Å². The zero-order chi connectivity index (χ0) is 18.7. The maximum atomic E-state index is 8.86. The molecule has 26 heavy (non-hydrogen) atoms. The Morgan fingerprint density at radius 2 is 1.08 bits per heavy atom. The Morgan fingerprint density at radius 1 is 0.654 bits per heavy atom. The van der Waals surface area contributed by atoms with Crippen molar-refractivity contribution in [2.75, 3.05) is 10.2 Å². The number of hydrogen-bond donors (Lipinski definition) is 2. The SMILES string of the molecule is Cc1ccccc1N(C(=N)Nc1c(C)cccc1C)c1ccccc1C. The topological polar surface area (TPSA) is 39.1 Å². The van der Waals surface area contributed by atoms with Crippen molar-refractivity contribution in [1.29, 1.82) is 5.41 Å². The van der Waals surface area contributed by atoms with Gasteiger partial charge in [-0.2, -0.15) is 0 Å². The van der Waals surface area contributed by atoms with Crippen molar-refractivity contribution in [3.8, 4) is 0 Å². The summed E-state index contributed by atoms with van der Waals surface area (Å²) >= 11 is 0. The summed E-state index contributed by atoms with van der Waals surface area (Å²) < 4.78 is 0. The van der Waals surface area contributed by atoms with E-state index in [1.165, 1.54) is 0 Å². The van der Waals surface area contributed by atoms with Gasteiger partial charge in [0, 0.05) is 5.69 Å². The summed E-state index contributed by atoms with van der Waals surface area (Å²) in [7, 11) is 0. The summed E-state index contributed by atoms with van der Waals surface area (Å²) in [6, 6.07) is 22.5. The minimum atomic E-state index is 0.339. The molecule has 2 N–H and O–H groups in total. The van der Waals surface area contributed by atoms with Crippen LogP contribution in [0.25, 0.3) is 0 Å². The molecule has 0 bridgehead atoms. The van der Waals surface area contributed by atoms with Crippen molar-refractivity contribution in [3.05, 3.63) is 89.0 Å². The van der Waals surface area contributed by atoms with Crippen molar-refractivity contribution in [1.82, 2.24) is 0 Å². The van der Waals surface area contributed by atoms with Crippen LogP contribution >= 0.6 is 0 Å². The molecule has 0 amide bonds. The molecule has 0 unspecified atom stereocenters. The molecule has 3 rings (SSSR count). The second-order valence-electron chi connectivity index (χ2n) is 6.65. The van der Waals surface area contributed by atoms with Gasteiger partial charge in [-0.25, -0.2) is 0 Å². The Bertz CT molecular complexity index is 878. The van der Waals surface area contributed by atoms with Crippen LogP contribution in [-0.4, -0.2) is 5.96 Å². The van der Waals surface area contributed by atoms with E-state index in [2.05, 4.69) is 69.4 Å². The van der Waals surface area contributed by atoms with Gasteiger partial charge in [-0.05, 0) is 62.1 Å². The van der Waals surface area contributed by atoms with E-state index in [0.29, 0.717) is 5.96 Å². The molecular weight excluding hydrogens is 318 g/mol. The lowest BCUT2D eigenvalue weighted by Gasteiger charge is -2.29. The lowest BCUT2D eigenvalue weighted by atomic mass is 10.1. The molecule has 0 saturated carbocycles. The van der Waals surface area contributed by atoms with E-state index in [0.717, 1.165) is 39.3 Å². The number of hydrogen-bond acceptors (Lipinski definition) is 1. The first-order valence-corrected chi connectivity index (χ1v) is 8.82. The van der Waals surface area contributed by atoms with Gasteiger partial charge in [0.25, 0.3) is 0 Å². The first kappa shape index (κ1) is 17.7. The molecule has 0 heterocycles. The van der Waals surface area contributed by atoms with Gasteiger partial charge in [-0.3, -0.25) is 10.3 Å². The summed E-state index contributed by atoms with van der Waals surface area (Å²) in [5.74, 6) is 0.339. The zero-order valence-electron chi connectivity index (χ0n) is 15.8. The Labute approximate surface area is 155 Å². The van der Waals surface area contributed by atoms with Crippen LogP contribution in [0.15, 0.2) is 66.7 Å². The van der Waals surface area contributed by atoms with Gasteiger partial charge >= 0.3 is 0 Å². The number of rotatable bonds is 3. The largest absolute Gasteiger partial charge is 0.325 e. The average Bonchev–Trinajstić information content (AvgIpc) is 2.62. The Hall–Kier alpha value is -3.07. The molecule has 3 aromatic rings. The molecule has 0 aliphatic rings. The van der Waals surface area contributed by atoms with E-state index >= 15 is 0 Å². The normalized spacial score (nSPS) is 10.5. The van der Waals surface area contributed by atoms with Crippen LogP contribution in [0.2, 0.25) is 0 Å². The van der Waals surface area contributed by atoms with Gasteiger partial charge in [0.1, 0.15) is 0 Å². The summed E-state index contributed by atoms with van der Waals surface area (Å²) in [5, 5.41) is 12.2. The number of guanidine groups is 1. The van der Waals surface area contributed by atoms with Crippen LogP contribution in [0, 0.1) is 33.1 Å². The summed E-state index contributed by atoms with van der Waals surface area (Å²) in [6.45, 7) is 8.28. The van der Waals surface area contributed by atoms with Crippen molar-refractivity contribution < 1.29 is 0 Å². The minimum Gasteiger partial charge on any atom is -0.325 e. The number of benzene rings is 3. The molecule has 0 radical (unpaired) electrons. The molecule has 0 spiro atoms. The molecule has 0 fully saturated rings. The molecule has 0 atom stereocenters. The summed E-state index contributed by atoms with van der Waals surface area (Å²) in [6.07, 6.45) is 0. The number of aryl methyl sites for hydroxylation is 4. The molecule has 132 valence electrons. The highest BCUT2D eigenvalue weighted by Gasteiger charge is 2.19. The van der Waals surface area contributed by atoms with Crippen LogP contribution in [-0.2, 0) is 0 Å². The van der Waals surface area contributed by atoms with Gasteiger partial charge in [0.2, 0.25) is 5.96 Å². The lowest BCUT2D eigenvalue weighted by Crippen LogP contribution is -2.33. The van der Waals surface area contributed by atoms with Gasteiger partial charge in [-0.15, -0.1) is 0 Å². The van der Waals surface area contributed by atoms with Crippen molar-refractivity contribution in [3.63, 3.8) is 0 Å². The molecular formula is C23H25N3. The van der Waals surface area contributed by atoms with Crippen molar-refractivity contribution in [2.45, 2.75) is 27.7 Å². The third-order valence-corrected chi connectivity index (χ3v) is 4.66. The molecule has 3 nitrogen and oxygen atoms in total. The molecule has 0 aliphatic heterocycles. The van der Waals surface area contributed by atoms with Crippen molar-refractivity contribution in [2.24, 2.45) is 0 Å². The first-order chi connectivity index (χ1) is 12.5. The van der Waals surface area contributed by atoms with Crippen LogP contribution in [0.3, 0.4) is 0 Å². The minimum absolute atomic E-state index is 0.339. The predicted octanol–water partition coefficient (Wildman–Crippen LogP) is 6.11. The van der Waals surface area contributed by atoms with Crippen molar-refractivity contribution >= 4 is 23.0 Å². The predicted molar refractivity (Wildman–Crippen MR) is 112 cm³/mol. The van der Waals surface area contributed by atoms with E-state index in [4.69, 9.17) is 5.41 Å². The van der Waals surface area contributed by atoms with Gasteiger partial charge in [-0.1, -0.05) is 54.6 Å². The number of anilines is 3. The molecule has 0 saturated heterocycles. The standard InChI is InChI=1S/C23H25N3/c1-16-10-5-7-14-20(16)26(21-15-8-6-11-17(21)2)23(24)25-22-18(3)12-9-13-19(22)4/h5-15H,1-4H3,(H2,24,25). The van der Waals surface area contributed by atoms with E-state index in [-0.39, 0.29) is 0 Å². The monoisotopic (exact) mass is 343 g/mol. The van der Waals surface area contributed by atoms with Crippen LogP contribution in [0.5, 0.6) is 0 Å². The highest BCUT2D eigenvalue weighted by molar-refractivity contribution is 6.09. The molecule has 0 aliphatic carbocycles. The van der Waals surface area contributed by atoms with Crippen LogP contribution in [0.4, 0.5) is 17.1 Å². The highest BCUT2D eigenvalue weighted by Crippen LogP contribution is 2.32. The smallest absolute Gasteiger partial charge is 0.204 e. The quantitative estimate of drug-likeness (QED) is 0.445. The van der Waals surface area contributed by atoms with Gasteiger partial charge in [0.15, 0.2) is 0 Å². The molecule has 3 aromatic carbocycles. The fraction of sp³-hybridized carbons (Fsp3) is 0.174. The summed E-state index contributed by atoms with van der Waals surface area (Å²) in [4.78, 5) is 1.98. The van der Waals surface area contributed by atoms with E-state index in [1.54, 1.807) is 0 Å². The summed E-state index contributed by atoms with van der Waals surface area (Å²) in [5.41, 5.74) is 7.52. The number of para-hydroxylation sites is 3. The molecule has 0 aromatic heterocycles. The molecule has 3 heteroatoms. The van der Waals surface area contributed by atoms with Crippen LogP contribution < -0.4 is 10.2 Å². The second-order valence-corrected chi connectivity index (χ2v) is 6.65. The highest BCUT2D eigenvalue weighted by atomic mass is 15.3. The first-order valence-electron chi connectivity index (χ1n) is 8.82. The number of nitrogens with one attached hydrogen (secondary N) is 2. The van der Waals surface area contributed by atoms with E-state index in [9.17, 15) is 0 Å². The maximum absolute atomic E-state index is 8.86. The average molecular weight is 343 g/mol. The Kier molecular flexibility index (Phi) is 5.08. The van der Waals surface area contributed by atoms with E-state index < -0.39 is 0 Å². The van der Waals surface area contributed by atoms with Crippen LogP contribution in [0.1, 0.15) is 22.3 Å². The lowest BCUT2D eigenvalue weighted by molar-refractivity contribution is 1.22. The van der Waals surface area contributed by atoms with Gasteiger partial charge < -0.3 is 5.32 Å².